The molecule has 0 saturated heterocycles. The van der Waals surface area contributed by atoms with Crippen LogP contribution in [-0.2, 0) is 16.1 Å². The molecule has 0 bridgehead atoms. The second-order valence-corrected chi connectivity index (χ2v) is 7.58. The van der Waals surface area contributed by atoms with Crippen molar-refractivity contribution in [1.82, 2.24) is 15.6 Å². The van der Waals surface area contributed by atoms with E-state index in [9.17, 15) is 9.59 Å². The lowest BCUT2D eigenvalue weighted by Gasteiger charge is -2.21. The lowest BCUT2D eigenvalue weighted by Crippen LogP contribution is -2.46. The fourth-order valence-corrected chi connectivity index (χ4v) is 2.71. The van der Waals surface area contributed by atoms with Gasteiger partial charge in [-0.3, -0.25) is 4.79 Å². The van der Waals surface area contributed by atoms with E-state index < -0.39 is 17.7 Å². The Bertz CT molecular complexity index is 621. The zero-order valence-corrected chi connectivity index (χ0v) is 16.0. The van der Waals surface area contributed by atoms with E-state index in [1.54, 1.807) is 33.9 Å². The summed E-state index contributed by atoms with van der Waals surface area (Å²) in [6, 6.07) is 2.98. The van der Waals surface area contributed by atoms with Gasteiger partial charge in [0.25, 0.3) is 0 Å². The van der Waals surface area contributed by atoms with Crippen LogP contribution < -0.4 is 15.4 Å². The van der Waals surface area contributed by atoms with Crippen molar-refractivity contribution >= 4 is 12.0 Å². The van der Waals surface area contributed by atoms with E-state index in [2.05, 4.69) is 15.6 Å². The first kappa shape index (κ1) is 20.0. The molecule has 7 heteroatoms. The van der Waals surface area contributed by atoms with Crippen molar-refractivity contribution in [1.29, 1.82) is 0 Å². The van der Waals surface area contributed by atoms with Gasteiger partial charge in [-0.25, -0.2) is 9.78 Å². The molecule has 0 aliphatic heterocycles. The predicted molar refractivity (Wildman–Crippen MR) is 97.8 cm³/mol. The summed E-state index contributed by atoms with van der Waals surface area (Å²) in [5.41, 5.74) is 0.208. The number of amides is 2. The molecule has 26 heavy (non-hydrogen) atoms. The van der Waals surface area contributed by atoms with Gasteiger partial charge in [-0.2, -0.15) is 0 Å². The molecule has 1 fully saturated rings. The highest BCUT2D eigenvalue weighted by molar-refractivity contribution is 5.85. The molecule has 1 aromatic rings. The molecule has 0 spiro atoms. The van der Waals surface area contributed by atoms with E-state index in [0.717, 1.165) is 18.4 Å². The Morgan fingerprint density at radius 1 is 1.31 bits per heavy atom. The highest BCUT2D eigenvalue weighted by atomic mass is 16.6. The number of alkyl carbamates (subject to hydrolysis) is 1. The first-order valence-electron chi connectivity index (χ1n) is 9.12. The number of carbonyl (C=O) groups excluding carboxylic acids is 2. The molecular weight excluding hydrogens is 334 g/mol. The molecule has 0 aromatic carbocycles. The lowest BCUT2D eigenvalue weighted by molar-refractivity contribution is -0.122. The van der Waals surface area contributed by atoms with Crippen LogP contribution in [-0.4, -0.2) is 34.7 Å². The summed E-state index contributed by atoms with van der Waals surface area (Å²) >= 11 is 0. The van der Waals surface area contributed by atoms with Crippen molar-refractivity contribution in [3.05, 3.63) is 23.9 Å². The molecule has 2 amide bonds. The molecule has 1 heterocycles. The molecule has 0 radical (unpaired) electrons. The number of ether oxygens (including phenoxy) is 2. The third kappa shape index (κ3) is 6.54. The fourth-order valence-electron chi connectivity index (χ4n) is 2.71. The van der Waals surface area contributed by atoms with E-state index in [-0.39, 0.29) is 18.6 Å². The van der Waals surface area contributed by atoms with Crippen molar-refractivity contribution in [2.24, 2.45) is 0 Å². The maximum atomic E-state index is 12.2. The summed E-state index contributed by atoms with van der Waals surface area (Å²) in [4.78, 5) is 28.3. The summed E-state index contributed by atoms with van der Waals surface area (Å²) in [6.07, 6.45) is 5.70. The van der Waals surface area contributed by atoms with Crippen molar-refractivity contribution in [2.75, 3.05) is 0 Å². The van der Waals surface area contributed by atoms with Gasteiger partial charge < -0.3 is 20.1 Å². The van der Waals surface area contributed by atoms with Gasteiger partial charge in [0, 0.05) is 18.3 Å². The molecule has 2 N–H and O–H groups in total. The third-order valence-electron chi connectivity index (χ3n) is 4.01. The molecule has 1 aromatic heterocycles. The molecule has 144 valence electrons. The van der Waals surface area contributed by atoms with Crippen molar-refractivity contribution in [3.63, 3.8) is 0 Å². The number of rotatable bonds is 6. The van der Waals surface area contributed by atoms with E-state index in [0.29, 0.717) is 5.88 Å². The maximum absolute atomic E-state index is 12.2. The summed E-state index contributed by atoms with van der Waals surface area (Å²) in [6.45, 7) is 7.20. The van der Waals surface area contributed by atoms with Crippen molar-refractivity contribution in [2.45, 2.75) is 77.7 Å². The predicted octanol–water partition coefficient (Wildman–Crippen LogP) is 2.93. The number of hydrogen-bond acceptors (Lipinski definition) is 5. The molecule has 2 rings (SSSR count). The van der Waals surface area contributed by atoms with Gasteiger partial charge >= 0.3 is 6.09 Å². The minimum absolute atomic E-state index is 0.201. The molecule has 0 unspecified atom stereocenters. The van der Waals surface area contributed by atoms with Crippen LogP contribution in [0.25, 0.3) is 0 Å². The topological polar surface area (TPSA) is 89.5 Å². The molecular formula is C19H29N3O4. The fraction of sp³-hybridized carbons (Fsp3) is 0.632. The minimum atomic E-state index is -0.708. The quantitative estimate of drug-likeness (QED) is 0.811. The van der Waals surface area contributed by atoms with Gasteiger partial charge in [0.1, 0.15) is 17.7 Å². The average molecular weight is 363 g/mol. The van der Waals surface area contributed by atoms with Crippen LogP contribution >= 0.6 is 0 Å². The van der Waals surface area contributed by atoms with Crippen LogP contribution in [0.15, 0.2) is 18.3 Å². The van der Waals surface area contributed by atoms with Crippen LogP contribution in [0.5, 0.6) is 5.88 Å². The molecule has 1 aliphatic rings. The monoisotopic (exact) mass is 363 g/mol. The van der Waals surface area contributed by atoms with Crippen LogP contribution in [0.1, 0.15) is 58.9 Å². The Balaban J connectivity index is 1.85. The van der Waals surface area contributed by atoms with Gasteiger partial charge in [0.05, 0.1) is 0 Å². The van der Waals surface area contributed by atoms with E-state index in [1.165, 1.54) is 12.8 Å². The van der Waals surface area contributed by atoms with Gasteiger partial charge in [0.2, 0.25) is 11.8 Å². The number of nitrogens with zero attached hydrogens (tertiary/aromatic N) is 1. The molecule has 1 saturated carbocycles. The standard InChI is InChI=1S/C19H29N3O4/c1-13(22-18(24)26-19(2,3)4)16(23)21-12-14-8-7-11-20-17(14)25-15-9-5-6-10-15/h7-8,11,13,15H,5-6,9-10,12H2,1-4H3,(H,21,23)(H,22,24)/t13-/m1/s1. The Kier molecular flexibility index (Phi) is 6.83. The first-order chi connectivity index (χ1) is 12.2. The first-order valence-corrected chi connectivity index (χ1v) is 9.12. The Hall–Kier alpha value is -2.31. The molecule has 1 atom stereocenters. The van der Waals surface area contributed by atoms with E-state index in [4.69, 9.17) is 9.47 Å². The van der Waals surface area contributed by atoms with Gasteiger partial charge in [-0.15, -0.1) is 0 Å². The largest absolute Gasteiger partial charge is 0.474 e. The zero-order chi connectivity index (χ0) is 19.2. The van der Waals surface area contributed by atoms with Crippen LogP contribution in [0.3, 0.4) is 0 Å². The highest BCUT2D eigenvalue weighted by Gasteiger charge is 2.22. The summed E-state index contributed by atoms with van der Waals surface area (Å²) in [7, 11) is 0. The lowest BCUT2D eigenvalue weighted by atomic mass is 10.2. The van der Waals surface area contributed by atoms with E-state index >= 15 is 0 Å². The summed E-state index contributed by atoms with van der Waals surface area (Å²) in [5, 5.41) is 5.33. The number of aromatic nitrogens is 1. The Labute approximate surface area is 154 Å². The number of carbonyl (C=O) groups is 2. The van der Waals surface area contributed by atoms with Crippen LogP contribution in [0, 0.1) is 0 Å². The third-order valence-corrected chi connectivity index (χ3v) is 4.01. The maximum Gasteiger partial charge on any atom is 0.408 e. The number of nitrogens with one attached hydrogen (secondary N) is 2. The Morgan fingerprint density at radius 3 is 2.65 bits per heavy atom. The number of hydrogen-bond donors (Lipinski definition) is 2. The zero-order valence-electron chi connectivity index (χ0n) is 16.0. The minimum Gasteiger partial charge on any atom is -0.474 e. The normalized spacial score (nSPS) is 16.0. The van der Waals surface area contributed by atoms with Crippen LogP contribution in [0.2, 0.25) is 0 Å². The SMILES string of the molecule is C[C@@H](NC(=O)OC(C)(C)C)C(=O)NCc1cccnc1OC1CCCC1. The molecule has 7 nitrogen and oxygen atoms in total. The van der Waals surface area contributed by atoms with Crippen molar-refractivity contribution < 1.29 is 19.1 Å². The average Bonchev–Trinajstić information content (AvgIpc) is 3.04. The Morgan fingerprint density at radius 2 is 2.00 bits per heavy atom. The summed E-state index contributed by atoms with van der Waals surface area (Å²) in [5.74, 6) is 0.263. The van der Waals surface area contributed by atoms with Gasteiger partial charge in [-0.05, 0) is 59.4 Å². The highest BCUT2D eigenvalue weighted by Crippen LogP contribution is 2.24. The smallest absolute Gasteiger partial charge is 0.408 e. The second kappa shape index (κ2) is 8.87. The molecule has 1 aliphatic carbocycles. The van der Waals surface area contributed by atoms with Gasteiger partial charge in [0.15, 0.2) is 0 Å². The number of pyridine rings is 1. The van der Waals surface area contributed by atoms with Gasteiger partial charge in [-0.1, -0.05) is 6.07 Å². The summed E-state index contributed by atoms with van der Waals surface area (Å²) < 4.78 is 11.1. The van der Waals surface area contributed by atoms with Crippen LogP contribution in [0.4, 0.5) is 4.79 Å². The second-order valence-electron chi connectivity index (χ2n) is 7.58. The van der Waals surface area contributed by atoms with E-state index in [1.807, 2.05) is 12.1 Å². The van der Waals surface area contributed by atoms with Crippen molar-refractivity contribution in [3.8, 4) is 5.88 Å².